The molecule has 1 aromatic carbocycles. The smallest absolute Gasteiger partial charge is 0.416 e. The number of halogens is 4. The van der Waals surface area contributed by atoms with Crippen molar-refractivity contribution in [1.29, 1.82) is 0 Å². The molecule has 2 aromatic rings. The molecule has 0 aliphatic carbocycles. The largest absolute Gasteiger partial charge is 0.455 e. The normalized spacial score (nSPS) is 19.2. The van der Waals surface area contributed by atoms with Gasteiger partial charge in [0, 0.05) is 0 Å². The number of benzene rings is 1. The third-order valence-corrected chi connectivity index (χ3v) is 4.30. The van der Waals surface area contributed by atoms with Crippen molar-refractivity contribution in [3.63, 3.8) is 0 Å². The van der Waals surface area contributed by atoms with Crippen LogP contribution in [-0.2, 0) is 22.3 Å². The summed E-state index contributed by atoms with van der Waals surface area (Å²) in [7, 11) is 0. The van der Waals surface area contributed by atoms with Crippen LogP contribution in [0.2, 0.25) is 0 Å². The van der Waals surface area contributed by atoms with E-state index in [9.17, 15) is 22.4 Å². The fourth-order valence-electron chi connectivity index (χ4n) is 2.82. The third-order valence-electron chi connectivity index (χ3n) is 4.30. The van der Waals surface area contributed by atoms with Crippen molar-refractivity contribution in [2.24, 2.45) is 0 Å². The van der Waals surface area contributed by atoms with Gasteiger partial charge in [-0.2, -0.15) is 13.2 Å². The standard InChI is InChI=1S/C19H17F4N3O3/c1-2-17(27)26-9-15(16(10-26)29-18-24-7-14(20)8-25-18)28-11-12-3-5-13(6-4-12)19(21,22)23/h2-8,15-16H,1,9-11H2/t15-,16-/m1/s1. The van der Waals surface area contributed by atoms with Crippen molar-refractivity contribution in [1.82, 2.24) is 14.9 Å². The van der Waals surface area contributed by atoms with E-state index < -0.39 is 29.8 Å². The highest BCUT2D eigenvalue weighted by Gasteiger charge is 2.37. The minimum absolute atomic E-state index is 0.0169. The Morgan fingerprint density at radius 3 is 2.38 bits per heavy atom. The van der Waals surface area contributed by atoms with Crippen LogP contribution in [0.25, 0.3) is 0 Å². The number of rotatable bonds is 6. The van der Waals surface area contributed by atoms with Gasteiger partial charge < -0.3 is 14.4 Å². The topological polar surface area (TPSA) is 64.6 Å². The monoisotopic (exact) mass is 411 g/mol. The molecule has 1 aliphatic rings. The summed E-state index contributed by atoms with van der Waals surface area (Å²) >= 11 is 0. The Labute approximate surface area is 163 Å². The second kappa shape index (κ2) is 8.56. The Kier molecular flexibility index (Phi) is 6.12. The Bertz CT molecular complexity index is 856. The number of likely N-dealkylation sites (tertiary alicyclic amines) is 1. The number of carbonyl (C=O) groups excluding carboxylic acids is 1. The first-order valence-electron chi connectivity index (χ1n) is 8.59. The van der Waals surface area contributed by atoms with Crippen LogP contribution in [0.15, 0.2) is 49.3 Å². The van der Waals surface area contributed by atoms with Crippen molar-refractivity contribution in [2.75, 3.05) is 13.1 Å². The highest BCUT2D eigenvalue weighted by atomic mass is 19.4. The van der Waals surface area contributed by atoms with E-state index in [4.69, 9.17) is 9.47 Å². The molecule has 1 saturated heterocycles. The van der Waals surface area contributed by atoms with Crippen LogP contribution in [0.1, 0.15) is 11.1 Å². The van der Waals surface area contributed by atoms with Gasteiger partial charge in [-0.15, -0.1) is 0 Å². The summed E-state index contributed by atoms with van der Waals surface area (Å²) in [6.07, 6.45) is -2.59. The molecule has 1 aliphatic heterocycles. The van der Waals surface area contributed by atoms with E-state index >= 15 is 0 Å². The molecule has 2 atom stereocenters. The zero-order valence-electron chi connectivity index (χ0n) is 15.1. The maximum absolute atomic E-state index is 13.0. The fraction of sp³-hybridized carbons (Fsp3) is 0.316. The lowest BCUT2D eigenvalue weighted by molar-refractivity contribution is -0.137. The molecule has 29 heavy (non-hydrogen) atoms. The van der Waals surface area contributed by atoms with E-state index in [0.29, 0.717) is 5.56 Å². The Morgan fingerprint density at radius 2 is 1.79 bits per heavy atom. The first-order chi connectivity index (χ1) is 13.8. The SMILES string of the molecule is C=CC(=O)N1C[C@@H](OCc2ccc(C(F)(F)F)cc2)[C@H](Oc2ncc(F)cn2)C1. The van der Waals surface area contributed by atoms with Crippen molar-refractivity contribution in [2.45, 2.75) is 25.0 Å². The summed E-state index contributed by atoms with van der Waals surface area (Å²) in [5, 5.41) is 0. The lowest BCUT2D eigenvalue weighted by atomic mass is 10.1. The number of ether oxygens (including phenoxy) is 2. The predicted octanol–water partition coefficient (Wildman–Crippen LogP) is 3.00. The van der Waals surface area contributed by atoms with E-state index in [1.54, 1.807) is 0 Å². The molecule has 1 amide bonds. The first kappa shape index (κ1) is 20.7. The summed E-state index contributed by atoms with van der Waals surface area (Å²) < 4.78 is 62.3. The van der Waals surface area contributed by atoms with Gasteiger partial charge in [-0.1, -0.05) is 18.7 Å². The number of hydrogen-bond donors (Lipinski definition) is 0. The van der Waals surface area contributed by atoms with E-state index in [-0.39, 0.29) is 31.6 Å². The third kappa shape index (κ3) is 5.29. The van der Waals surface area contributed by atoms with Gasteiger partial charge in [-0.3, -0.25) is 4.79 Å². The van der Waals surface area contributed by atoms with Crippen LogP contribution in [0.5, 0.6) is 6.01 Å². The lowest BCUT2D eigenvalue weighted by Crippen LogP contribution is -2.33. The number of aromatic nitrogens is 2. The van der Waals surface area contributed by atoms with Gasteiger partial charge in [0.25, 0.3) is 0 Å². The predicted molar refractivity (Wildman–Crippen MR) is 93.2 cm³/mol. The van der Waals surface area contributed by atoms with Crippen molar-refractivity contribution in [3.05, 3.63) is 66.3 Å². The summed E-state index contributed by atoms with van der Waals surface area (Å²) in [4.78, 5) is 20.8. The van der Waals surface area contributed by atoms with Crippen LogP contribution in [0.4, 0.5) is 17.6 Å². The molecule has 154 valence electrons. The molecular formula is C19H17F4N3O3. The molecule has 0 N–H and O–H groups in total. The molecular weight excluding hydrogens is 394 g/mol. The molecule has 0 bridgehead atoms. The number of hydrogen-bond acceptors (Lipinski definition) is 5. The van der Waals surface area contributed by atoms with Crippen LogP contribution >= 0.6 is 0 Å². The molecule has 2 heterocycles. The molecule has 0 spiro atoms. The highest BCUT2D eigenvalue weighted by molar-refractivity contribution is 5.87. The van der Waals surface area contributed by atoms with Gasteiger partial charge in [0.05, 0.1) is 37.7 Å². The second-order valence-electron chi connectivity index (χ2n) is 6.33. The summed E-state index contributed by atoms with van der Waals surface area (Å²) in [6.45, 7) is 3.82. The summed E-state index contributed by atoms with van der Waals surface area (Å²) in [5.41, 5.74) is -0.220. The minimum atomic E-state index is -4.41. The molecule has 1 fully saturated rings. The highest BCUT2D eigenvalue weighted by Crippen LogP contribution is 2.29. The van der Waals surface area contributed by atoms with Gasteiger partial charge in [0.1, 0.15) is 12.2 Å². The van der Waals surface area contributed by atoms with Crippen LogP contribution in [0, 0.1) is 5.82 Å². The Morgan fingerprint density at radius 1 is 1.17 bits per heavy atom. The number of amides is 1. The van der Waals surface area contributed by atoms with Gasteiger partial charge in [0.15, 0.2) is 5.82 Å². The van der Waals surface area contributed by atoms with Gasteiger partial charge >= 0.3 is 12.2 Å². The van der Waals surface area contributed by atoms with Crippen LogP contribution < -0.4 is 4.74 Å². The Hall–Kier alpha value is -3.01. The van der Waals surface area contributed by atoms with Crippen molar-refractivity contribution < 1.29 is 31.8 Å². The molecule has 3 rings (SSSR count). The fourth-order valence-corrected chi connectivity index (χ4v) is 2.82. The molecule has 10 heteroatoms. The Balaban J connectivity index is 1.67. The van der Waals surface area contributed by atoms with E-state index in [0.717, 1.165) is 30.6 Å². The second-order valence-corrected chi connectivity index (χ2v) is 6.33. The number of alkyl halides is 3. The summed E-state index contributed by atoms with van der Waals surface area (Å²) in [5.74, 6) is -0.943. The van der Waals surface area contributed by atoms with Crippen molar-refractivity contribution >= 4 is 5.91 Å². The first-order valence-corrected chi connectivity index (χ1v) is 8.59. The zero-order valence-corrected chi connectivity index (χ0v) is 15.1. The zero-order chi connectivity index (χ0) is 21.0. The lowest BCUT2D eigenvalue weighted by Gasteiger charge is -2.19. The molecule has 0 unspecified atom stereocenters. The molecule has 0 radical (unpaired) electrons. The van der Waals surface area contributed by atoms with E-state index in [1.165, 1.54) is 17.0 Å². The van der Waals surface area contributed by atoms with Crippen LogP contribution in [0.3, 0.4) is 0 Å². The van der Waals surface area contributed by atoms with Crippen LogP contribution in [-0.4, -0.2) is 46.1 Å². The number of nitrogens with zero attached hydrogens (tertiary/aromatic N) is 3. The number of carbonyl (C=O) groups is 1. The average Bonchev–Trinajstić information content (AvgIpc) is 3.10. The average molecular weight is 411 g/mol. The van der Waals surface area contributed by atoms with Crippen molar-refractivity contribution in [3.8, 4) is 6.01 Å². The minimum Gasteiger partial charge on any atom is -0.455 e. The molecule has 0 saturated carbocycles. The van der Waals surface area contributed by atoms with Gasteiger partial charge in [-0.25, -0.2) is 14.4 Å². The maximum Gasteiger partial charge on any atom is 0.416 e. The van der Waals surface area contributed by atoms with Gasteiger partial charge in [0.2, 0.25) is 5.91 Å². The molecule has 1 aromatic heterocycles. The van der Waals surface area contributed by atoms with Gasteiger partial charge in [-0.05, 0) is 23.8 Å². The van der Waals surface area contributed by atoms with E-state index in [1.807, 2.05) is 0 Å². The van der Waals surface area contributed by atoms with E-state index in [2.05, 4.69) is 16.5 Å². The summed E-state index contributed by atoms with van der Waals surface area (Å²) in [6, 6.07) is 4.52. The quantitative estimate of drug-likeness (QED) is 0.540. The molecule has 6 nitrogen and oxygen atoms in total. The maximum atomic E-state index is 13.0.